The molecule has 2 amide bonds. The summed E-state index contributed by atoms with van der Waals surface area (Å²) >= 11 is 0. The Bertz CT molecular complexity index is 731. The number of hydrogen-bond donors (Lipinski definition) is 1. The molecule has 1 saturated heterocycles. The van der Waals surface area contributed by atoms with Crippen LogP contribution in [0.4, 0.5) is 16.2 Å². The highest BCUT2D eigenvalue weighted by Crippen LogP contribution is 2.15. The number of anilines is 2. The van der Waals surface area contributed by atoms with Gasteiger partial charge in [0, 0.05) is 25.0 Å². The van der Waals surface area contributed by atoms with Gasteiger partial charge in [0.25, 0.3) is 0 Å². The number of nitrogens with one attached hydrogen (secondary N) is 1. The normalized spacial score (nSPS) is 13.5. The topological polar surface area (TPSA) is 61.9 Å². The van der Waals surface area contributed by atoms with E-state index < -0.39 is 0 Å². The molecule has 1 N–H and O–H groups in total. The van der Waals surface area contributed by atoms with Crippen LogP contribution in [0.15, 0.2) is 54.6 Å². The third-order valence-electron chi connectivity index (χ3n) is 4.03. The van der Waals surface area contributed by atoms with Crippen LogP contribution < -0.4 is 10.2 Å². The minimum atomic E-state index is -0.277. The lowest BCUT2D eigenvalue weighted by Gasteiger charge is -2.18. The quantitative estimate of drug-likeness (QED) is 0.879. The van der Waals surface area contributed by atoms with E-state index in [0.717, 1.165) is 16.9 Å². The fraction of sp³-hybridized carbons (Fsp3) is 0.263. The van der Waals surface area contributed by atoms with Crippen molar-refractivity contribution in [3.63, 3.8) is 0 Å². The van der Waals surface area contributed by atoms with E-state index in [1.165, 1.54) is 0 Å². The predicted octanol–water partition coefficient (Wildman–Crippen LogP) is 2.71. The van der Waals surface area contributed by atoms with Crippen LogP contribution in [0.3, 0.4) is 0 Å². The molecule has 1 fully saturated rings. The maximum absolute atomic E-state index is 12.2. The predicted molar refractivity (Wildman–Crippen MR) is 96.5 cm³/mol. The van der Waals surface area contributed by atoms with Crippen LogP contribution in [0, 0.1) is 0 Å². The van der Waals surface area contributed by atoms with Gasteiger partial charge < -0.3 is 19.9 Å². The van der Waals surface area contributed by atoms with Gasteiger partial charge in [0.2, 0.25) is 5.91 Å². The monoisotopic (exact) mass is 339 g/mol. The molecular weight excluding hydrogens is 318 g/mol. The van der Waals surface area contributed by atoms with Gasteiger partial charge in [0.05, 0.1) is 13.1 Å². The summed E-state index contributed by atoms with van der Waals surface area (Å²) < 4.78 is 4.91. The number of amides is 2. The summed E-state index contributed by atoms with van der Waals surface area (Å²) in [5.74, 6) is -0.0813. The van der Waals surface area contributed by atoms with Gasteiger partial charge in [-0.15, -0.1) is 0 Å². The molecule has 130 valence electrons. The SMILES string of the molecule is CN(CC(=O)Nc1ccc(CN2CCOC2=O)cc1)c1ccccc1. The van der Waals surface area contributed by atoms with Gasteiger partial charge in [0.15, 0.2) is 0 Å². The molecule has 0 bridgehead atoms. The molecule has 2 aromatic rings. The fourth-order valence-electron chi connectivity index (χ4n) is 2.67. The van der Waals surface area contributed by atoms with Crippen LogP contribution in [0.1, 0.15) is 5.56 Å². The van der Waals surface area contributed by atoms with Crippen LogP contribution in [-0.2, 0) is 16.1 Å². The average Bonchev–Trinajstić information content (AvgIpc) is 3.02. The number of nitrogens with zero attached hydrogens (tertiary/aromatic N) is 2. The van der Waals surface area contributed by atoms with Crippen molar-refractivity contribution in [1.29, 1.82) is 0 Å². The molecule has 0 aromatic heterocycles. The molecule has 1 aliphatic rings. The van der Waals surface area contributed by atoms with Crippen molar-refractivity contribution in [2.24, 2.45) is 0 Å². The second-order valence-corrected chi connectivity index (χ2v) is 5.97. The van der Waals surface area contributed by atoms with Crippen LogP contribution in [0.25, 0.3) is 0 Å². The standard InChI is InChI=1S/C19H21N3O3/c1-21(17-5-3-2-4-6-17)14-18(23)20-16-9-7-15(8-10-16)13-22-11-12-25-19(22)24/h2-10H,11-14H2,1H3,(H,20,23). The van der Waals surface area contributed by atoms with Crippen molar-refractivity contribution in [3.05, 3.63) is 60.2 Å². The number of benzene rings is 2. The molecule has 0 saturated carbocycles. The summed E-state index contributed by atoms with van der Waals surface area (Å²) in [6.07, 6.45) is -0.277. The second-order valence-electron chi connectivity index (χ2n) is 5.97. The van der Waals surface area contributed by atoms with Gasteiger partial charge in [-0.3, -0.25) is 4.79 Å². The van der Waals surface area contributed by atoms with Crippen molar-refractivity contribution >= 4 is 23.4 Å². The molecule has 0 aliphatic carbocycles. The van der Waals surface area contributed by atoms with Crippen LogP contribution >= 0.6 is 0 Å². The minimum Gasteiger partial charge on any atom is -0.448 e. The molecule has 25 heavy (non-hydrogen) atoms. The first-order valence-electron chi connectivity index (χ1n) is 8.18. The van der Waals surface area contributed by atoms with Crippen LogP contribution in [0.2, 0.25) is 0 Å². The van der Waals surface area contributed by atoms with Gasteiger partial charge in [-0.1, -0.05) is 30.3 Å². The number of carbonyl (C=O) groups excluding carboxylic acids is 2. The number of para-hydroxylation sites is 1. The van der Waals surface area contributed by atoms with E-state index in [-0.39, 0.29) is 18.5 Å². The summed E-state index contributed by atoms with van der Waals surface area (Å²) in [4.78, 5) is 27.2. The summed E-state index contributed by atoms with van der Waals surface area (Å²) in [5, 5.41) is 2.89. The molecule has 0 unspecified atom stereocenters. The third kappa shape index (κ3) is 4.50. The molecule has 6 heteroatoms. The summed E-state index contributed by atoms with van der Waals surface area (Å²) in [5.41, 5.74) is 2.72. The van der Waals surface area contributed by atoms with Gasteiger partial charge >= 0.3 is 6.09 Å². The van der Waals surface area contributed by atoms with Gasteiger partial charge in [-0.2, -0.15) is 0 Å². The first-order chi connectivity index (χ1) is 12.1. The average molecular weight is 339 g/mol. The number of ether oxygens (including phenoxy) is 1. The van der Waals surface area contributed by atoms with Gasteiger partial charge in [-0.05, 0) is 29.8 Å². The Kier molecular flexibility index (Phi) is 5.18. The maximum atomic E-state index is 12.2. The molecule has 2 aromatic carbocycles. The number of rotatable bonds is 6. The molecule has 1 aliphatic heterocycles. The number of hydrogen-bond acceptors (Lipinski definition) is 4. The highest BCUT2D eigenvalue weighted by Gasteiger charge is 2.21. The maximum Gasteiger partial charge on any atom is 0.410 e. The smallest absolute Gasteiger partial charge is 0.410 e. The fourth-order valence-corrected chi connectivity index (χ4v) is 2.67. The minimum absolute atomic E-state index is 0.0813. The Morgan fingerprint density at radius 2 is 1.88 bits per heavy atom. The molecule has 0 radical (unpaired) electrons. The Balaban J connectivity index is 1.52. The zero-order valence-electron chi connectivity index (χ0n) is 14.1. The number of cyclic esters (lactones) is 1. The van der Waals surface area contributed by atoms with Crippen molar-refractivity contribution in [2.75, 3.05) is 37.0 Å². The van der Waals surface area contributed by atoms with E-state index >= 15 is 0 Å². The van der Waals surface area contributed by atoms with Crippen molar-refractivity contribution in [1.82, 2.24) is 4.90 Å². The Morgan fingerprint density at radius 3 is 2.52 bits per heavy atom. The highest BCUT2D eigenvalue weighted by atomic mass is 16.6. The lowest BCUT2D eigenvalue weighted by molar-refractivity contribution is -0.114. The molecule has 0 spiro atoms. The van der Waals surface area contributed by atoms with E-state index in [0.29, 0.717) is 19.7 Å². The lowest BCUT2D eigenvalue weighted by atomic mass is 10.2. The van der Waals surface area contributed by atoms with Gasteiger partial charge in [0.1, 0.15) is 6.61 Å². The summed E-state index contributed by atoms with van der Waals surface area (Å²) in [6.45, 7) is 1.85. The van der Waals surface area contributed by atoms with E-state index in [1.54, 1.807) is 4.90 Å². The summed E-state index contributed by atoms with van der Waals surface area (Å²) in [7, 11) is 1.88. The molecule has 6 nitrogen and oxygen atoms in total. The molecule has 1 heterocycles. The Morgan fingerprint density at radius 1 is 1.16 bits per heavy atom. The van der Waals surface area contributed by atoms with E-state index in [2.05, 4.69) is 5.32 Å². The zero-order valence-corrected chi connectivity index (χ0v) is 14.1. The largest absolute Gasteiger partial charge is 0.448 e. The van der Waals surface area contributed by atoms with Crippen molar-refractivity contribution in [2.45, 2.75) is 6.54 Å². The van der Waals surface area contributed by atoms with Crippen LogP contribution in [0.5, 0.6) is 0 Å². The van der Waals surface area contributed by atoms with Crippen molar-refractivity contribution in [3.8, 4) is 0 Å². The second kappa shape index (κ2) is 7.70. The first kappa shape index (κ1) is 16.8. The zero-order chi connectivity index (χ0) is 17.6. The Hall–Kier alpha value is -3.02. The lowest BCUT2D eigenvalue weighted by Crippen LogP contribution is -2.30. The van der Waals surface area contributed by atoms with Crippen LogP contribution in [-0.4, -0.2) is 43.6 Å². The molecule has 3 rings (SSSR count). The molecule has 0 atom stereocenters. The third-order valence-corrected chi connectivity index (χ3v) is 4.03. The van der Waals surface area contributed by atoms with E-state index in [4.69, 9.17) is 4.74 Å². The Labute approximate surface area is 147 Å². The van der Waals surface area contributed by atoms with E-state index in [9.17, 15) is 9.59 Å². The van der Waals surface area contributed by atoms with Crippen molar-refractivity contribution < 1.29 is 14.3 Å². The number of likely N-dealkylation sites (N-methyl/N-ethyl adjacent to an activating group) is 1. The first-order valence-corrected chi connectivity index (χ1v) is 8.18. The van der Waals surface area contributed by atoms with Gasteiger partial charge in [-0.25, -0.2) is 4.79 Å². The highest BCUT2D eigenvalue weighted by molar-refractivity contribution is 5.94. The number of carbonyl (C=O) groups is 2. The summed E-state index contributed by atoms with van der Waals surface area (Å²) in [6, 6.07) is 17.3. The molecular formula is C19H21N3O3. The van der Waals surface area contributed by atoms with E-state index in [1.807, 2.05) is 66.5 Å².